The Morgan fingerprint density at radius 2 is 1.93 bits per heavy atom. The van der Waals surface area contributed by atoms with Gasteiger partial charge in [-0.05, 0) is 0 Å². The van der Waals surface area contributed by atoms with E-state index in [9.17, 15) is 4.57 Å². The van der Waals surface area contributed by atoms with Gasteiger partial charge in [0.2, 0.25) is 0 Å². The molecule has 1 aliphatic rings. The fraction of sp³-hybridized carbons (Fsp3) is 1.00. The molecule has 1 saturated heterocycles. The molecule has 0 aromatic carbocycles. The third-order valence-corrected chi connectivity index (χ3v) is 2.27. The van der Waals surface area contributed by atoms with Crippen molar-refractivity contribution in [2.24, 2.45) is 0 Å². The highest BCUT2D eigenvalue weighted by Crippen LogP contribution is 2.41. The summed E-state index contributed by atoms with van der Waals surface area (Å²) in [7, 11) is -4.79. The Kier molecular flexibility index (Phi) is 3.62. The standard InChI is InChI=1S/C5H11O8P/c6-1-2-4(13-14(9,10)11)3(7)5(8)12-2/h2-8H,1H2,(H2,9,10,11)/t2-,3-,4-,5+/m1/s1. The van der Waals surface area contributed by atoms with Crippen LogP contribution in [0.2, 0.25) is 0 Å². The van der Waals surface area contributed by atoms with Crippen LogP contribution < -0.4 is 0 Å². The molecule has 1 rings (SSSR count). The van der Waals surface area contributed by atoms with Crippen molar-refractivity contribution in [3.05, 3.63) is 0 Å². The van der Waals surface area contributed by atoms with Gasteiger partial charge in [0, 0.05) is 0 Å². The van der Waals surface area contributed by atoms with Crippen LogP contribution in [-0.2, 0) is 13.8 Å². The Morgan fingerprint density at radius 3 is 2.36 bits per heavy atom. The van der Waals surface area contributed by atoms with E-state index in [1.807, 2.05) is 0 Å². The van der Waals surface area contributed by atoms with Crippen LogP contribution >= 0.6 is 7.82 Å². The third kappa shape index (κ3) is 2.72. The van der Waals surface area contributed by atoms with Gasteiger partial charge in [0.25, 0.3) is 0 Å². The van der Waals surface area contributed by atoms with Crippen LogP contribution in [0.4, 0.5) is 0 Å². The molecule has 1 heterocycles. The molecule has 84 valence electrons. The predicted molar refractivity (Wildman–Crippen MR) is 40.9 cm³/mol. The smallest absolute Gasteiger partial charge is 0.394 e. The lowest BCUT2D eigenvalue weighted by Gasteiger charge is -2.18. The van der Waals surface area contributed by atoms with Crippen LogP contribution in [0, 0.1) is 0 Å². The highest BCUT2D eigenvalue weighted by atomic mass is 31.2. The van der Waals surface area contributed by atoms with Crippen LogP contribution in [0.5, 0.6) is 0 Å². The quantitative estimate of drug-likeness (QED) is 0.336. The summed E-state index contributed by atoms with van der Waals surface area (Å²) in [4.78, 5) is 16.9. The molecule has 14 heavy (non-hydrogen) atoms. The molecule has 0 unspecified atom stereocenters. The van der Waals surface area contributed by atoms with E-state index < -0.39 is 39.0 Å². The monoisotopic (exact) mass is 230 g/mol. The Balaban J connectivity index is 2.69. The fourth-order valence-electron chi connectivity index (χ4n) is 1.15. The molecule has 0 aromatic rings. The van der Waals surface area contributed by atoms with E-state index in [0.29, 0.717) is 0 Å². The van der Waals surface area contributed by atoms with Crippen LogP contribution in [0.25, 0.3) is 0 Å². The molecule has 0 amide bonds. The molecular weight excluding hydrogens is 219 g/mol. The number of aliphatic hydroxyl groups excluding tert-OH is 3. The van der Waals surface area contributed by atoms with Crippen LogP contribution in [0.1, 0.15) is 0 Å². The van der Waals surface area contributed by atoms with Gasteiger partial charge in [-0.1, -0.05) is 0 Å². The van der Waals surface area contributed by atoms with Crippen molar-refractivity contribution < 1.29 is 38.9 Å². The van der Waals surface area contributed by atoms with Crippen molar-refractivity contribution in [3.8, 4) is 0 Å². The maximum Gasteiger partial charge on any atom is 0.470 e. The minimum atomic E-state index is -4.79. The first kappa shape index (κ1) is 12.0. The average Bonchev–Trinajstić information content (AvgIpc) is 2.30. The number of rotatable bonds is 3. The lowest BCUT2D eigenvalue weighted by atomic mass is 10.1. The van der Waals surface area contributed by atoms with Crippen LogP contribution in [0.3, 0.4) is 0 Å². The van der Waals surface area contributed by atoms with E-state index in [4.69, 9.17) is 25.1 Å². The molecule has 0 radical (unpaired) electrons. The molecule has 0 aromatic heterocycles. The average molecular weight is 230 g/mol. The number of hydrogen-bond acceptors (Lipinski definition) is 6. The number of hydrogen-bond donors (Lipinski definition) is 5. The molecule has 0 aliphatic carbocycles. The second kappa shape index (κ2) is 4.21. The van der Waals surface area contributed by atoms with Crippen LogP contribution in [-0.4, -0.2) is 56.3 Å². The van der Waals surface area contributed by atoms with Crippen molar-refractivity contribution >= 4 is 7.82 Å². The van der Waals surface area contributed by atoms with Gasteiger partial charge in [0.15, 0.2) is 6.29 Å². The van der Waals surface area contributed by atoms with Crippen molar-refractivity contribution in [1.82, 2.24) is 0 Å². The summed E-state index contributed by atoms with van der Waals surface area (Å²) in [6.07, 6.45) is -5.83. The maximum atomic E-state index is 10.4. The number of phosphoric acid groups is 1. The van der Waals surface area contributed by atoms with Gasteiger partial charge in [-0.2, -0.15) is 0 Å². The topological polar surface area (TPSA) is 137 Å². The molecule has 8 nitrogen and oxygen atoms in total. The molecule has 9 heteroatoms. The van der Waals surface area contributed by atoms with Crippen molar-refractivity contribution in [3.63, 3.8) is 0 Å². The van der Waals surface area contributed by atoms with E-state index >= 15 is 0 Å². The SMILES string of the molecule is O=P(O)(O)O[C@H]1[C@@H](O)[C@@H](O)O[C@@H]1CO. The summed E-state index contributed by atoms with van der Waals surface area (Å²) in [5, 5.41) is 26.8. The Bertz CT molecular complexity index is 238. The van der Waals surface area contributed by atoms with Gasteiger partial charge in [-0.25, -0.2) is 4.57 Å². The zero-order valence-corrected chi connectivity index (χ0v) is 7.82. The van der Waals surface area contributed by atoms with E-state index in [1.165, 1.54) is 0 Å². The van der Waals surface area contributed by atoms with Gasteiger partial charge >= 0.3 is 7.82 Å². The minimum Gasteiger partial charge on any atom is -0.394 e. The Morgan fingerprint density at radius 1 is 1.36 bits per heavy atom. The second-order valence-corrected chi connectivity index (χ2v) is 3.99. The minimum absolute atomic E-state index is 0.626. The maximum absolute atomic E-state index is 10.4. The molecule has 0 saturated carbocycles. The van der Waals surface area contributed by atoms with E-state index in [0.717, 1.165) is 0 Å². The molecule has 0 bridgehead atoms. The fourth-order valence-corrected chi connectivity index (χ4v) is 1.73. The van der Waals surface area contributed by atoms with Gasteiger partial charge < -0.3 is 29.8 Å². The first-order valence-electron chi connectivity index (χ1n) is 3.71. The summed E-state index contributed by atoms with van der Waals surface area (Å²) in [5.74, 6) is 0. The lowest BCUT2D eigenvalue weighted by molar-refractivity contribution is -0.132. The van der Waals surface area contributed by atoms with E-state index in [2.05, 4.69) is 9.26 Å². The molecule has 4 atom stereocenters. The number of phosphoric ester groups is 1. The highest BCUT2D eigenvalue weighted by Gasteiger charge is 2.46. The van der Waals surface area contributed by atoms with Gasteiger partial charge in [0.05, 0.1) is 6.61 Å². The molecule has 1 aliphatic heterocycles. The summed E-state index contributed by atoms with van der Waals surface area (Å²) < 4.78 is 19.2. The van der Waals surface area contributed by atoms with Crippen molar-refractivity contribution in [1.29, 1.82) is 0 Å². The zero-order valence-electron chi connectivity index (χ0n) is 6.92. The first-order chi connectivity index (χ1) is 6.35. The summed E-state index contributed by atoms with van der Waals surface area (Å²) >= 11 is 0. The zero-order chi connectivity index (χ0) is 10.9. The second-order valence-electron chi connectivity index (χ2n) is 2.80. The van der Waals surface area contributed by atoms with Crippen molar-refractivity contribution in [2.45, 2.75) is 24.6 Å². The molecular formula is C5H11O8P. The summed E-state index contributed by atoms with van der Waals surface area (Å²) in [6, 6.07) is 0. The Hall–Kier alpha value is -0.0500. The van der Waals surface area contributed by atoms with Crippen molar-refractivity contribution in [2.75, 3.05) is 6.61 Å². The normalized spacial score (nSPS) is 38.9. The Labute approximate surface area is 78.9 Å². The number of aliphatic hydroxyl groups is 3. The van der Waals surface area contributed by atoms with Gasteiger partial charge in [0.1, 0.15) is 18.3 Å². The van der Waals surface area contributed by atoms with Gasteiger partial charge in [-0.3, -0.25) is 4.52 Å². The molecule has 1 fully saturated rings. The summed E-state index contributed by atoms with van der Waals surface area (Å²) in [6.45, 7) is -0.626. The highest BCUT2D eigenvalue weighted by molar-refractivity contribution is 7.46. The molecule has 0 spiro atoms. The van der Waals surface area contributed by atoms with Crippen LogP contribution in [0.15, 0.2) is 0 Å². The largest absolute Gasteiger partial charge is 0.470 e. The van der Waals surface area contributed by atoms with Gasteiger partial charge in [-0.15, -0.1) is 0 Å². The third-order valence-electron chi connectivity index (χ3n) is 1.75. The molecule has 5 N–H and O–H groups in total. The van der Waals surface area contributed by atoms with E-state index in [1.54, 1.807) is 0 Å². The summed E-state index contributed by atoms with van der Waals surface area (Å²) in [5.41, 5.74) is 0. The first-order valence-corrected chi connectivity index (χ1v) is 5.24. The van der Waals surface area contributed by atoms with E-state index in [-0.39, 0.29) is 0 Å². The lowest BCUT2D eigenvalue weighted by Crippen LogP contribution is -2.35. The number of ether oxygens (including phenoxy) is 1. The predicted octanol–water partition coefficient (Wildman–Crippen LogP) is -2.47.